The van der Waals surface area contributed by atoms with Gasteiger partial charge in [-0.3, -0.25) is 4.90 Å². The first-order chi connectivity index (χ1) is 11.8. The Morgan fingerprint density at radius 1 is 1.32 bits per heavy atom. The molecule has 5 nitrogen and oxygen atoms in total. The topological polar surface area (TPSA) is 50.8 Å². The van der Waals surface area contributed by atoms with E-state index in [-0.39, 0.29) is 12.2 Å². The van der Waals surface area contributed by atoms with Crippen LogP contribution in [0.2, 0.25) is 0 Å². The molecular formula is C20H32N2O3. The fourth-order valence-corrected chi connectivity index (χ4v) is 2.96. The molecule has 1 aliphatic heterocycles. The highest BCUT2D eigenvalue weighted by Gasteiger charge is 2.28. The van der Waals surface area contributed by atoms with Crippen molar-refractivity contribution in [2.75, 3.05) is 24.6 Å². The summed E-state index contributed by atoms with van der Waals surface area (Å²) in [7, 11) is 0. The van der Waals surface area contributed by atoms with Crippen molar-refractivity contribution in [3.05, 3.63) is 29.3 Å². The fourth-order valence-electron chi connectivity index (χ4n) is 2.96. The summed E-state index contributed by atoms with van der Waals surface area (Å²) in [4.78, 5) is 14.4. The lowest BCUT2D eigenvalue weighted by molar-refractivity contribution is 0.0577. The van der Waals surface area contributed by atoms with E-state index in [9.17, 15) is 4.79 Å². The lowest BCUT2D eigenvalue weighted by Crippen LogP contribution is -2.40. The summed E-state index contributed by atoms with van der Waals surface area (Å²) in [5.74, 6) is 0. The van der Waals surface area contributed by atoms with Gasteiger partial charge in [0.05, 0.1) is 18.4 Å². The van der Waals surface area contributed by atoms with Crippen LogP contribution in [0.15, 0.2) is 18.2 Å². The number of para-hydroxylation sites is 1. The minimum absolute atomic E-state index is 0.244. The molecular weight excluding hydrogens is 316 g/mol. The highest BCUT2D eigenvalue weighted by atomic mass is 16.6. The molecule has 2 rings (SSSR count). The quantitative estimate of drug-likeness (QED) is 0.793. The molecule has 0 radical (unpaired) electrons. The number of nitrogens with one attached hydrogen (secondary N) is 1. The first-order valence-electron chi connectivity index (χ1n) is 9.21. The molecule has 0 bridgehead atoms. The third-order valence-corrected chi connectivity index (χ3v) is 3.96. The molecule has 1 aromatic carbocycles. The van der Waals surface area contributed by atoms with E-state index in [2.05, 4.69) is 23.5 Å². The number of carbonyl (C=O) groups is 1. The maximum absolute atomic E-state index is 12.6. The number of ether oxygens (including phenoxy) is 2. The SMILES string of the molecule is CC(C)OCCNCc1cccc2c1N(C(=O)OC(C)(C)C)CCC2. The zero-order valence-corrected chi connectivity index (χ0v) is 16.2. The number of hydrogen-bond acceptors (Lipinski definition) is 4. The van der Waals surface area contributed by atoms with Crippen LogP contribution in [0, 0.1) is 0 Å². The molecule has 1 aliphatic rings. The molecule has 140 valence electrons. The van der Waals surface area contributed by atoms with Crippen molar-refractivity contribution in [2.45, 2.75) is 65.7 Å². The number of benzene rings is 1. The Balaban J connectivity index is 2.08. The van der Waals surface area contributed by atoms with Crippen molar-refractivity contribution in [1.82, 2.24) is 5.32 Å². The molecule has 0 saturated heterocycles. The van der Waals surface area contributed by atoms with E-state index >= 15 is 0 Å². The van der Waals surface area contributed by atoms with Crippen LogP contribution in [0.25, 0.3) is 0 Å². The lowest BCUT2D eigenvalue weighted by atomic mass is 9.98. The molecule has 0 saturated carbocycles. The molecule has 1 aromatic rings. The van der Waals surface area contributed by atoms with Crippen molar-refractivity contribution >= 4 is 11.8 Å². The van der Waals surface area contributed by atoms with E-state index in [1.807, 2.05) is 34.6 Å². The Morgan fingerprint density at radius 3 is 2.76 bits per heavy atom. The number of carbonyl (C=O) groups excluding carboxylic acids is 1. The van der Waals surface area contributed by atoms with Gasteiger partial charge in [0.1, 0.15) is 5.60 Å². The molecule has 1 N–H and O–H groups in total. The van der Waals surface area contributed by atoms with Gasteiger partial charge in [0.2, 0.25) is 0 Å². The van der Waals surface area contributed by atoms with E-state index < -0.39 is 5.60 Å². The van der Waals surface area contributed by atoms with Crippen molar-refractivity contribution in [3.63, 3.8) is 0 Å². The Morgan fingerprint density at radius 2 is 2.08 bits per heavy atom. The van der Waals surface area contributed by atoms with Gasteiger partial charge in [-0.05, 0) is 58.6 Å². The average Bonchev–Trinajstić information content (AvgIpc) is 2.52. The van der Waals surface area contributed by atoms with E-state index in [0.717, 1.165) is 30.6 Å². The molecule has 1 amide bonds. The van der Waals surface area contributed by atoms with Crippen LogP contribution in [0.5, 0.6) is 0 Å². The summed E-state index contributed by atoms with van der Waals surface area (Å²) in [5.41, 5.74) is 2.87. The third-order valence-electron chi connectivity index (χ3n) is 3.96. The minimum atomic E-state index is -0.490. The van der Waals surface area contributed by atoms with Gasteiger partial charge in [-0.25, -0.2) is 4.79 Å². The molecule has 25 heavy (non-hydrogen) atoms. The highest BCUT2D eigenvalue weighted by Crippen LogP contribution is 2.32. The van der Waals surface area contributed by atoms with Gasteiger partial charge in [-0.15, -0.1) is 0 Å². The number of hydrogen-bond donors (Lipinski definition) is 1. The van der Waals surface area contributed by atoms with Crippen LogP contribution in [-0.2, 0) is 22.4 Å². The summed E-state index contributed by atoms with van der Waals surface area (Å²) in [6.45, 7) is 12.7. The number of rotatable bonds is 6. The Hall–Kier alpha value is -1.59. The van der Waals surface area contributed by atoms with Crippen LogP contribution in [0.1, 0.15) is 52.2 Å². The van der Waals surface area contributed by atoms with Crippen molar-refractivity contribution in [3.8, 4) is 0 Å². The summed E-state index contributed by atoms with van der Waals surface area (Å²) in [6, 6.07) is 6.26. The van der Waals surface area contributed by atoms with Crippen LogP contribution in [-0.4, -0.2) is 37.5 Å². The largest absolute Gasteiger partial charge is 0.443 e. The summed E-state index contributed by atoms with van der Waals surface area (Å²) >= 11 is 0. The molecule has 0 aromatic heterocycles. The standard InChI is InChI=1S/C20H32N2O3/c1-15(2)24-13-11-21-14-17-9-6-8-16-10-7-12-22(18(16)17)19(23)25-20(3,4)5/h6,8-9,15,21H,7,10-14H2,1-5H3. The Bertz CT molecular complexity index is 579. The van der Waals surface area contributed by atoms with Gasteiger partial charge in [0.15, 0.2) is 0 Å². The second-order valence-electron chi connectivity index (χ2n) is 7.76. The van der Waals surface area contributed by atoms with Gasteiger partial charge in [0, 0.05) is 19.6 Å². The molecule has 0 spiro atoms. The second-order valence-corrected chi connectivity index (χ2v) is 7.76. The molecule has 0 fully saturated rings. The maximum atomic E-state index is 12.6. The summed E-state index contributed by atoms with van der Waals surface area (Å²) in [5, 5.41) is 3.41. The van der Waals surface area contributed by atoms with Crippen molar-refractivity contribution in [2.24, 2.45) is 0 Å². The lowest BCUT2D eigenvalue weighted by Gasteiger charge is -2.33. The van der Waals surface area contributed by atoms with Gasteiger partial charge in [-0.1, -0.05) is 18.2 Å². The predicted molar refractivity (Wildman–Crippen MR) is 101 cm³/mol. The zero-order valence-electron chi connectivity index (χ0n) is 16.2. The van der Waals surface area contributed by atoms with E-state index in [4.69, 9.17) is 9.47 Å². The number of fused-ring (bicyclic) bond motifs is 1. The first-order valence-corrected chi connectivity index (χ1v) is 9.21. The van der Waals surface area contributed by atoms with Gasteiger partial charge in [0.25, 0.3) is 0 Å². The second kappa shape index (κ2) is 8.68. The Labute approximate surface area is 151 Å². The Kier molecular flexibility index (Phi) is 6.85. The minimum Gasteiger partial charge on any atom is -0.443 e. The zero-order chi connectivity index (χ0) is 18.4. The van der Waals surface area contributed by atoms with Gasteiger partial charge < -0.3 is 14.8 Å². The van der Waals surface area contributed by atoms with Gasteiger partial charge >= 0.3 is 6.09 Å². The molecule has 0 aliphatic carbocycles. The normalized spacial score (nSPS) is 14.6. The smallest absolute Gasteiger partial charge is 0.414 e. The number of nitrogens with zero attached hydrogens (tertiary/aromatic N) is 1. The molecule has 0 unspecified atom stereocenters. The van der Waals surface area contributed by atoms with E-state index in [1.54, 1.807) is 4.90 Å². The summed E-state index contributed by atoms with van der Waals surface area (Å²) < 4.78 is 11.2. The highest BCUT2D eigenvalue weighted by molar-refractivity contribution is 5.90. The van der Waals surface area contributed by atoms with E-state index in [0.29, 0.717) is 19.7 Å². The summed E-state index contributed by atoms with van der Waals surface area (Å²) in [6.07, 6.45) is 1.95. The molecule has 0 atom stereocenters. The predicted octanol–water partition coefficient (Wildman–Crippen LogP) is 3.89. The molecule has 1 heterocycles. The van der Waals surface area contributed by atoms with Crippen LogP contribution in [0.3, 0.4) is 0 Å². The van der Waals surface area contributed by atoms with E-state index in [1.165, 1.54) is 5.56 Å². The van der Waals surface area contributed by atoms with Gasteiger partial charge in [-0.2, -0.15) is 0 Å². The fraction of sp³-hybridized carbons (Fsp3) is 0.650. The van der Waals surface area contributed by atoms with Crippen LogP contribution < -0.4 is 10.2 Å². The average molecular weight is 348 g/mol. The number of aryl methyl sites for hydroxylation is 1. The monoisotopic (exact) mass is 348 g/mol. The number of amides is 1. The van der Waals surface area contributed by atoms with Crippen molar-refractivity contribution in [1.29, 1.82) is 0 Å². The molecule has 5 heteroatoms. The first kappa shape index (κ1) is 19.7. The van der Waals surface area contributed by atoms with Crippen LogP contribution in [0.4, 0.5) is 10.5 Å². The number of anilines is 1. The van der Waals surface area contributed by atoms with Crippen LogP contribution >= 0.6 is 0 Å². The third kappa shape index (κ3) is 6.01. The van der Waals surface area contributed by atoms with Crippen molar-refractivity contribution < 1.29 is 14.3 Å². The maximum Gasteiger partial charge on any atom is 0.414 e.